The van der Waals surface area contributed by atoms with Crippen LogP contribution < -0.4 is 10.1 Å². The van der Waals surface area contributed by atoms with Gasteiger partial charge in [0.1, 0.15) is 5.75 Å². The Balaban J connectivity index is 1.71. The van der Waals surface area contributed by atoms with Crippen molar-refractivity contribution in [3.05, 3.63) is 101 Å². The summed E-state index contributed by atoms with van der Waals surface area (Å²) in [5.41, 5.74) is 2.94. The molecular weight excluding hydrogens is 370 g/mol. The lowest BCUT2D eigenvalue weighted by Gasteiger charge is -2.19. The number of allylic oxidation sites excluding steroid dienone is 1. The third kappa shape index (κ3) is 5.73. The van der Waals surface area contributed by atoms with Crippen molar-refractivity contribution >= 4 is 29.1 Å². The molecule has 0 saturated carbocycles. The lowest BCUT2D eigenvalue weighted by atomic mass is 10.0. The Morgan fingerprint density at radius 3 is 2.32 bits per heavy atom. The molecule has 4 heteroatoms. The van der Waals surface area contributed by atoms with Gasteiger partial charge in [-0.05, 0) is 53.6 Å². The number of ketones is 1. The van der Waals surface area contributed by atoms with Crippen LogP contribution in [0.4, 0.5) is 5.69 Å². The van der Waals surface area contributed by atoms with Crippen molar-refractivity contribution in [2.75, 3.05) is 12.4 Å². The van der Waals surface area contributed by atoms with Crippen LogP contribution in [0.5, 0.6) is 5.75 Å². The zero-order chi connectivity index (χ0) is 19.8. The van der Waals surface area contributed by atoms with Gasteiger partial charge in [-0.15, -0.1) is 0 Å². The number of hydrogen-bond acceptors (Lipinski definition) is 3. The van der Waals surface area contributed by atoms with Crippen molar-refractivity contribution < 1.29 is 9.53 Å². The topological polar surface area (TPSA) is 38.3 Å². The molecule has 142 valence electrons. The van der Waals surface area contributed by atoms with Crippen LogP contribution in [0.1, 0.15) is 23.6 Å². The predicted molar refractivity (Wildman–Crippen MR) is 116 cm³/mol. The van der Waals surface area contributed by atoms with Gasteiger partial charge < -0.3 is 10.1 Å². The van der Waals surface area contributed by atoms with E-state index in [4.69, 9.17) is 16.3 Å². The molecule has 0 fully saturated rings. The van der Waals surface area contributed by atoms with Crippen molar-refractivity contribution in [1.29, 1.82) is 0 Å². The van der Waals surface area contributed by atoms with Gasteiger partial charge in [-0.2, -0.15) is 0 Å². The van der Waals surface area contributed by atoms with E-state index in [-0.39, 0.29) is 11.8 Å². The maximum Gasteiger partial charge on any atom is 0.158 e. The van der Waals surface area contributed by atoms with E-state index in [2.05, 4.69) is 5.32 Å². The summed E-state index contributed by atoms with van der Waals surface area (Å²) in [4.78, 5) is 12.6. The zero-order valence-corrected chi connectivity index (χ0v) is 16.4. The lowest BCUT2D eigenvalue weighted by Crippen LogP contribution is -2.14. The fourth-order valence-corrected chi connectivity index (χ4v) is 2.98. The average molecular weight is 392 g/mol. The Hall–Kier alpha value is -3.04. The summed E-state index contributed by atoms with van der Waals surface area (Å²) in [7, 11) is 1.63. The van der Waals surface area contributed by atoms with Gasteiger partial charge in [-0.1, -0.05) is 60.1 Å². The van der Waals surface area contributed by atoms with E-state index in [0.717, 1.165) is 22.6 Å². The summed E-state index contributed by atoms with van der Waals surface area (Å²) >= 11 is 5.97. The third-order valence-corrected chi connectivity index (χ3v) is 4.62. The van der Waals surface area contributed by atoms with Gasteiger partial charge in [-0.3, -0.25) is 4.79 Å². The molecule has 0 amide bonds. The van der Waals surface area contributed by atoms with Crippen molar-refractivity contribution in [3.8, 4) is 5.75 Å². The Morgan fingerprint density at radius 2 is 1.68 bits per heavy atom. The smallest absolute Gasteiger partial charge is 0.158 e. The van der Waals surface area contributed by atoms with Crippen LogP contribution in [0.2, 0.25) is 5.02 Å². The molecule has 3 aromatic rings. The first kappa shape index (κ1) is 19.7. The molecule has 0 aliphatic heterocycles. The Morgan fingerprint density at radius 1 is 1.00 bits per heavy atom. The van der Waals surface area contributed by atoms with E-state index in [0.29, 0.717) is 11.4 Å². The Labute approximate surface area is 170 Å². The number of ether oxygens (including phenoxy) is 1. The first-order valence-corrected chi connectivity index (χ1v) is 9.44. The highest BCUT2D eigenvalue weighted by atomic mass is 35.5. The van der Waals surface area contributed by atoms with Gasteiger partial charge in [0, 0.05) is 17.1 Å². The summed E-state index contributed by atoms with van der Waals surface area (Å²) in [5, 5.41) is 4.12. The monoisotopic (exact) mass is 391 g/mol. The number of methoxy groups -OCH3 is 1. The maximum atomic E-state index is 12.6. The minimum absolute atomic E-state index is 0.0473. The Kier molecular flexibility index (Phi) is 6.88. The number of carbonyl (C=O) groups is 1. The van der Waals surface area contributed by atoms with Gasteiger partial charge in [0.05, 0.1) is 13.2 Å². The standard InChI is InChI=1S/C24H22ClNO2/c1-28-23-15-8-18(9-16-23)7-14-22(27)17-24(19-5-3-2-4-6-19)26-21-12-10-20(25)11-13-21/h2-16,24,26H,17H2,1H3/b14-7+/t24-/m0/s1. The van der Waals surface area contributed by atoms with E-state index in [9.17, 15) is 4.79 Å². The van der Waals surface area contributed by atoms with E-state index in [1.807, 2.05) is 84.9 Å². The summed E-state index contributed by atoms with van der Waals surface area (Å²) in [6.07, 6.45) is 3.80. The molecule has 3 rings (SSSR count). The molecule has 0 aliphatic carbocycles. The van der Waals surface area contributed by atoms with Crippen LogP contribution >= 0.6 is 11.6 Å². The van der Waals surface area contributed by atoms with Crippen LogP contribution in [-0.4, -0.2) is 12.9 Å². The van der Waals surface area contributed by atoms with E-state index in [1.54, 1.807) is 13.2 Å². The molecule has 0 heterocycles. The minimum Gasteiger partial charge on any atom is -0.497 e. The van der Waals surface area contributed by atoms with Crippen molar-refractivity contribution in [2.45, 2.75) is 12.5 Å². The number of rotatable bonds is 8. The molecule has 1 N–H and O–H groups in total. The summed E-state index contributed by atoms with van der Waals surface area (Å²) in [6, 6.07) is 24.9. The SMILES string of the molecule is COc1ccc(/C=C/C(=O)C[C@H](Nc2ccc(Cl)cc2)c2ccccc2)cc1. The highest BCUT2D eigenvalue weighted by molar-refractivity contribution is 6.30. The highest BCUT2D eigenvalue weighted by Crippen LogP contribution is 2.24. The van der Waals surface area contributed by atoms with E-state index in [1.165, 1.54) is 0 Å². The molecule has 28 heavy (non-hydrogen) atoms. The molecule has 0 aliphatic rings. The molecule has 3 nitrogen and oxygen atoms in total. The van der Waals surface area contributed by atoms with Crippen LogP contribution in [0.3, 0.4) is 0 Å². The molecule has 0 bridgehead atoms. The normalized spacial score (nSPS) is 11.9. The number of carbonyl (C=O) groups excluding carboxylic acids is 1. The van der Waals surface area contributed by atoms with Crippen LogP contribution in [-0.2, 0) is 4.79 Å². The number of hydrogen-bond donors (Lipinski definition) is 1. The fourth-order valence-electron chi connectivity index (χ4n) is 2.86. The van der Waals surface area contributed by atoms with Gasteiger partial charge in [-0.25, -0.2) is 0 Å². The summed E-state index contributed by atoms with van der Waals surface area (Å²) in [6.45, 7) is 0. The van der Waals surface area contributed by atoms with Gasteiger partial charge in [0.15, 0.2) is 5.78 Å². The molecule has 0 saturated heterocycles. The zero-order valence-electron chi connectivity index (χ0n) is 15.6. The maximum absolute atomic E-state index is 12.6. The largest absolute Gasteiger partial charge is 0.497 e. The second kappa shape index (κ2) is 9.77. The molecule has 0 unspecified atom stereocenters. The molecule has 0 radical (unpaired) electrons. The summed E-state index contributed by atoms with van der Waals surface area (Å²) < 4.78 is 5.15. The van der Waals surface area contributed by atoms with E-state index < -0.39 is 0 Å². The highest BCUT2D eigenvalue weighted by Gasteiger charge is 2.14. The number of halogens is 1. The second-order valence-electron chi connectivity index (χ2n) is 6.39. The lowest BCUT2D eigenvalue weighted by molar-refractivity contribution is -0.114. The molecular formula is C24H22ClNO2. The van der Waals surface area contributed by atoms with Gasteiger partial charge >= 0.3 is 0 Å². The van der Waals surface area contributed by atoms with Crippen LogP contribution in [0, 0.1) is 0 Å². The van der Waals surface area contributed by atoms with Gasteiger partial charge in [0.25, 0.3) is 0 Å². The van der Waals surface area contributed by atoms with Crippen molar-refractivity contribution in [2.24, 2.45) is 0 Å². The van der Waals surface area contributed by atoms with Crippen LogP contribution in [0.15, 0.2) is 84.9 Å². The van der Waals surface area contributed by atoms with Crippen molar-refractivity contribution in [3.63, 3.8) is 0 Å². The number of nitrogens with one attached hydrogen (secondary N) is 1. The predicted octanol–water partition coefficient (Wildman–Crippen LogP) is 6.17. The average Bonchev–Trinajstić information content (AvgIpc) is 2.74. The number of benzene rings is 3. The van der Waals surface area contributed by atoms with Crippen molar-refractivity contribution in [1.82, 2.24) is 0 Å². The first-order valence-electron chi connectivity index (χ1n) is 9.06. The second-order valence-corrected chi connectivity index (χ2v) is 6.83. The molecule has 0 aromatic heterocycles. The van der Waals surface area contributed by atoms with Crippen LogP contribution in [0.25, 0.3) is 6.08 Å². The summed E-state index contributed by atoms with van der Waals surface area (Å²) in [5.74, 6) is 0.839. The quantitative estimate of drug-likeness (QED) is 0.466. The van der Waals surface area contributed by atoms with Gasteiger partial charge in [0.2, 0.25) is 0 Å². The van der Waals surface area contributed by atoms with E-state index >= 15 is 0 Å². The molecule has 3 aromatic carbocycles. The fraction of sp³-hybridized carbons (Fsp3) is 0.125. The molecule has 0 spiro atoms. The minimum atomic E-state index is -0.129. The third-order valence-electron chi connectivity index (χ3n) is 4.37. The number of anilines is 1. The Bertz CT molecular complexity index is 919. The molecule has 1 atom stereocenters. The first-order chi connectivity index (χ1) is 13.6.